The van der Waals surface area contributed by atoms with Crippen molar-refractivity contribution < 1.29 is 9.59 Å². The molecule has 2 aromatic heterocycles. The third kappa shape index (κ3) is 2.41. The van der Waals surface area contributed by atoms with Crippen LogP contribution in [0.1, 0.15) is 29.9 Å². The van der Waals surface area contributed by atoms with Crippen LogP contribution in [0.2, 0.25) is 0 Å². The number of carbonyl (C=O) groups excluding carboxylic acids is 2. The molecule has 0 spiro atoms. The van der Waals surface area contributed by atoms with Gasteiger partial charge in [0.1, 0.15) is 11.2 Å². The van der Waals surface area contributed by atoms with Gasteiger partial charge in [-0.2, -0.15) is 5.26 Å². The quantitative estimate of drug-likeness (QED) is 0.682. The lowest BCUT2D eigenvalue weighted by Gasteiger charge is -2.16. The number of nitrogens with zero attached hydrogens (tertiary/aromatic N) is 2. The molecule has 0 unspecified atom stereocenters. The Balaban J connectivity index is 2.40. The van der Waals surface area contributed by atoms with E-state index in [1.54, 1.807) is 37.4 Å². The van der Waals surface area contributed by atoms with E-state index in [1.165, 1.54) is 0 Å². The van der Waals surface area contributed by atoms with Gasteiger partial charge in [-0.25, -0.2) is 0 Å². The first-order valence-corrected chi connectivity index (χ1v) is 6.20. The van der Waals surface area contributed by atoms with Crippen molar-refractivity contribution in [2.45, 2.75) is 26.3 Å². The molecule has 102 valence electrons. The number of amides is 1. The Morgan fingerprint density at radius 1 is 1.35 bits per heavy atom. The number of hydrogen-bond acceptors (Lipinski definition) is 3. The average Bonchev–Trinajstić information content (AvgIpc) is 2.73. The fourth-order valence-electron chi connectivity index (χ4n) is 2.02. The number of rotatable bonds is 3. The molecule has 1 amide bonds. The minimum absolute atomic E-state index is 0.326. The molecule has 5 nitrogen and oxygen atoms in total. The molecule has 0 atom stereocenters. The fourth-order valence-corrected chi connectivity index (χ4v) is 2.02. The number of aryl methyl sites for hydroxylation is 1. The molecule has 0 aromatic carbocycles. The molecule has 2 rings (SSSR count). The second-order valence-corrected chi connectivity index (χ2v) is 5.19. The van der Waals surface area contributed by atoms with Crippen molar-refractivity contribution in [1.82, 2.24) is 9.72 Å². The molecule has 0 saturated heterocycles. The second-order valence-electron chi connectivity index (χ2n) is 5.19. The van der Waals surface area contributed by atoms with Gasteiger partial charge in [-0.15, -0.1) is 0 Å². The predicted octanol–water partition coefficient (Wildman–Crippen LogP) is 1.85. The van der Waals surface area contributed by atoms with Crippen molar-refractivity contribution in [2.75, 3.05) is 0 Å². The van der Waals surface area contributed by atoms with E-state index in [-0.39, 0.29) is 0 Å². The third-order valence-corrected chi connectivity index (χ3v) is 3.00. The molecule has 0 saturated carbocycles. The summed E-state index contributed by atoms with van der Waals surface area (Å²) in [6, 6.07) is 9.29. The summed E-state index contributed by atoms with van der Waals surface area (Å²) in [6.07, 6.45) is 1.73. The Labute approximate surface area is 116 Å². The van der Waals surface area contributed by atoms with Crippen molar-refractivity contribution in [3.63, 3.8) is 0 Å². The van der Waals surface area contributed by atoms with Gasteiger partial charge in [0.15, 0.2) is 0 Å². The maximum Gasteiger partial charge on any atom is 0.295 e. The SMILES string of the molecule is Cc1cc2ccccn2c1C(=O)C(=O)NC(C)(C)C#N. The summed E-state index contributed by atoms with van der Waals surface area (Å²) >= 11 is 0. The van der Waals surface area contributed by atoms with Gasteiger partial charge < -0.3 is 9.72 Å². The third-order valence-electron chi connectivity index (χ3n) is 3.00. The predicted molar refractivity (Wildman–Crippen MR) is 74.3 cm³/mol. The monoisotopic (exact) mass is 269 g/mol. The van der Waals surface area contributed by atoms with Gasteiger partial charge in [-0.3, -0.25) is 9.59 Å². The first kappa shape index (κ1) is 13.8. The maximum atomic E-state index is 12.3. The largest absolute Gasteiger partial charge is 0.331 e. The van der Waals surface area contributed by atoms with E-state index in [2.05, 4.69) is 5.32 Å². The standard InChI is InChI=1S/C15H15N3O2/c1-10-8-11-6-4-5-7-18(11)12(10)13(19)14(20)17-15(2,3)9-16/h4-8H,1-3H3,(H,17,20). The van der Waals surface area contributed by atoms with Crippen LogP contribution in [0, 0.1) is 18.3 Å². The van der Waals surface area contributed by atoms with Crippen LogP contribution in [0.15, 0.2) is 30.5 Å². The zero-order chi connectivity index (χ0) is 14.9. The lowest BCUT2D eigenvalue weighted by atomic mass is 10.1. The summed E-state index contributed by atoms with van der Waals surface area (Å²) in [5, 5.41) is 11.3. The normalized spacial score (nSPS) is 11.1. The number of ketones is 1. The second kappa shape index (κ2) is 4.82. The highest BCUT2D eigenvalue weighted by Gasteiger charge is 2.27. The number of nitriles is 1. The minimum atomic E-state index is -1.08. The zero-order valence-electron chi connectivity index (χ0n) is 11.6. The first-order valence-electron chi connectivity index (χ1n) is 6.20. The minimum Gasteiger partial charge on any atom is -0.331 e. The van der Waals surface area contributed by atoms with Crippen LogP contribution in [-0.4, -0.2) is 21.6 Å². The summed E-state index contributed by atoms with van der Waals surface area (Å²) in [4.78, 5) is 24.3. The lowest BCUT2D eigenvalue weighted by molar-refractivity contribution is -0.118. The van der Waals surface area contributed by atoms with E-state index in [4.69, 9.17) is 5.26 Å². The lowest BCUT2D eigenvalue weighted by Crippen LogP contribution is -2.45. The molecule has 2 aromatic rings. The van der Waals surface area contributed by atoms with Gasteiger partial charge in [-0.05, 0) is 44.5 Å². The summed E-state index contributed by atoms with van der Waals surface area (Å²) in [5.41, 5.74) is 0.826. The van der Waals surface area contributed by atoms with Crippen LogP contribution in [-0.2, 0) is 4.79 Å². The molecular weight excluding hydrogens is 254 g/mol. The molecule has 0 aliphatic rings. The fraction of sp³-hybridized carbons (Fsp3) is 0.267. The molecule has 5 heteroatoms. The van der Waals surface area contributed by atoms with Gasteiger partial charge in [0.25, 0.3) is 11.7 Å². The van der Waals surface area contributed by atoms with Crippen LogP contribution >= 0.6 is 0 Å². The number of carbonyl (C=O) groups is 2. The van der Waals surface area contributed by atoms with E-state index in [9.17, 15) is 9.59 Å². The Bertz CT molecular complexity index is 735. The van der Waals surface area contributed by atoms with Crippen LogP contribution in [0.25, 0.3) is 5.52 Å². The Hall–Kier alpha value is -2.61. The highest BCUT2D eigenvalue weighted by molar-refractivity contribution is 6.43. The van der Waals surface area contributed by atoms with Crippen LogP contribution in [0.5, 0.6) is 0 Å². The molecule has 0 aliphatic heterocycles. The van der Waals surface area contributed by atoms with Gasteiger partial charge in [0.2, 0.25) is 0 Å². The highest BCUT2D eigenvalue weighted by atomic mass is 16.2. The average molecular weight is 269 g/mol. The molecule has 2 heterocycles. The zero-order valence-corrected chi connectivity index (χ0v) is 11.6. The number of pyridine rings is 1. The van der Waals surface area contributed by atoms with Crippen LogP contribution in [0.4, 0.5) is 0 Å². The molecule has 0 fully saturated rings. The maximum absolute atomic E-state index is 12.3. The highest BCUT2D eigenvalue weighted by Crippen LogP contribution is 2.16. The summed E-state index contributed by atoms with van der Waals surface area (Å²) in [7, 11) is 0. The topological polar surface area (TPSA) is 74.4 Å². The molecular formula is C15H15N3O2. The Morgan fingerprint density at radius 2 is 2.05 bits per heavy atom. The van der Waals surface area contributed by atoms with E-state index in [0.717, 1.165) is 11.1 Å². The summed E-state index contributed by atoms with van der Waals surface area (Å²) in [6.45, 7) is 4.87. The Kier molecular flexibility index (Phi) is 3.33. The molecule has 0 bridgehead atoms. The van der Waals surface area contributed by atoms with Gasteiger partial charge >= 0.3 is 0 Å². The van der Waals surface area contributed by atoms with Crippen molar-refractivity contribution in [3.8, 4) is 6.07 Å². The molecule has 1 N–H and O–H groups in total. The molecule has 20 heavy (non-hydrogen) atoms. The van der Waals surface area contributed by atoms with E-state index in [1.807, 2.05) is 24.3 Å². The van der Waals surface area contributed by atoms with Crippen molar-refractivity contribution >= 4 is 17.2 Å². The summed E-state index contributed by atoms with van der Waals surface area (Å²) in [5.74, 6) is -1.42. The summed E-state index contributed by atoms with van der Waals surface area (Å²) < 4.78 is 1.68. The molecule has 0 aliphatic carbocycles. The van der Waals surface area contributed by atoms with E-state index < -0.39 is 17.2 Å². The number of nitrogens with one attached hydrogen (secondary N) is 1. The van der Waals surface area contributed by atoms with Crippen molar-refractivity contribution in [2.24, 2.45) is 0 Å². The van der Waals surface area contributed by atoms with E-state index >= 15 is 0 Å². The first-order chi connectivity index (χ1) is 9.35. The van der Waals surface area contributed by atoms with Crippen LogP contribution < -0.4 is 5.32 Å². The van der Waals surface area contributed by atoms with Crippen molar-refractivity contribution in [3.05, 3.63) is 41.7 Å². The number of hydrogen-bond donors (Lipinski definition) is 1. The smallest absolute Gasteiger partial charge is 0.295 e. The number of aromatic nitrogens is 1. The molecule has 0 radical (unpaired) electrons. The Morgan fingerprint density at radius 3 is 2.70 bits per heavy atom. The van der Waals surface area contributed by atoms with Crippen molar-refractivity contribution in [1.29, 1.82) is 5.26 Å². The van der Waals surface area contributed by atoms with Gasteiger partial charge in [0.05, 0.1) is 6.07 Å². The van der Waals surface area contributed by atoms with Gasteiger partial charge in [-0.1, -0.05) is 6.07 Å². The van der Waals surface area contributed by atoms with Gasteiger partial charge in [0, 0.05) is 11.7 Å². The number of Topliss-reactive ketones (excluding diaryl/α,β-unsaturated/α-hetero) is 1. The van der Waals surface area contributed by atoms with Crippen LogP contribution in [0.3, 0.4) is 0 Å². The van der Waals surface area contributed by atoms with E-state index in [0.29, 0.717) is 5.69 Å². The number of fused-ring (bicyclic) bond motifs is 1.